The molecule has 0 aliphatic carbocycles. The van der Waals surface area contributed by atoms with Crippen LogP contribution in [0.3, 0.4) is 0 Å². The van der Waals surface area contributed by atoms with Crippen molar-refractivity contribution in [3.05, 3.63) is 74.7 Å². The molecule has 3 aromatic rings. The highest BCUT2D eigenvalue weighted by Gasteiger charge is 2.15. The zero-order valence-electron chi connectivity index (χ0n) is 13.8. The fourth-order valence-electron chi connectivity index (χ4n) is 2.39. The lowest BCUT2D eigenvalue weighted by atomic mass is 10.2. The van der Waals surface area contributed by atoms with Crippen molar-refractivity contribution >= 4 is 40.5 Å². The van der Waals surface area contributed by atoms with Crippen LogP contribution in [0.5, 0.6) is 0 Å². The average molecular weight is 406 g/mol. The molecule has 1 aromatic heterocycles. The molecule has 0 atom stereocenters. The van der Waals surface area contributed by atoms with Gasteiger partial charge in [-0.1, -0.05) is 35.3 Å². The second-order valence-corrected chi connectivity index (χ2v) is 6.38. The predicted molar refractivity (Wildman–Crippen MR) is 102 cm³/mol. The number of hydrogen-bond acceptors (Lipinski definition) is 5. The Hall–Kier alpha value is -2.90. The maximum Gasteiger partial charge on any atom is 0.289 e. The van der Waals surface area contributed by atoms with Gasteiger partial charge in [0.1, 0.15) is 5.02 Å². The number of carbonyl (C=O) groups excluding carboxylic acids is 1. The van der Waals surface area contributed by atoms with Gasteiger partial charge < -0.3 is 9.73 Å². The third-order valence-corrected chi connectivity index (χ3v) is 4.33. The Labute approximate surface area is 164 Å². The van der Waals surface area contributed by atoms with E-state index < -0.39 is 4.92 Å². The highest BCUT2D eigenvalue weighted by molar-refractivity contribution is 6.33. The van der Waals surface area contributed by atoms with Crippen molar-refractivity contribution in [1.82, 2.24) is 4.98 Å². The number of benzene rings is 2. The van der Waals surface area contributed by atoms with Crippen molar-refractivity contribution in [3.8, 4) is 11.3 Å². The smallest absolute Gasteiger partial charge is 0.289 e. The monoisotopic (exact) mass is 405 g/mol. The Morgan fingerprint density at radius 2 is 1.96 bits per heavy atom. The molecule has 138 valence electrons. The number of nitrogens with zero attached hydrogens (tertiary/aromatic N) is 2. The number of aryl methyl sites for hydroxylation is 1. The highest BCUT2D eigenvalue weighted by Crippen LogP contribution is 2.29. The van der Waals surface area contributed by atoms with Gasteiger partial charge >= 0.3 is 0 Å². The minimum atomic E-state index is -0.610. The second-order valence-electron chi connectivity index (χ2n) is 5.57. The number of oxazole rings is 1. The number of nitro groups is 1. The maximum atomic E-state index is 12.1. The van der Waals surface area contributed by atoms with Crippen LogP contribution in [0.2, 0.25) is 10.0 Å². The number of hydrogen-bond donors (Lipinski definition) is 1. The van der Waals surface area contributed by atoms with Crippen molar-refractivity contribution in [2.24, 2.45) is 0 Å². The summed E-state index contributed by atoms with van der Waals surface area (Å²) >= 11 is 11.9. The lowest BCUT2D eigenvalue weighted by molar-refractivity contribution is -0.384. The quantitative estimate of drug-likeness (QED) is 0.452. The molecule has 27 heavy (non-hydrogen) atoms. The maximum absolute atomic E-state index is 12.1. The van der Waals surface area contributed by atoms with Gasteiger partial charge in [0, 0.05) is 30.2 Å². The summed E-state index contributed by atoms with van der Waals surface area (Å²) in [5.41, 5.74) is 0.739. The van der Waals surface area contributed by atoms with E-state index in [4.69, 9.17) is 27.6 Å². The van der Waals surface area contributed by atoms with Crippen LogP contribution in [-0.4, -0.2) is 15.8 Å². The molecule has 0 aliphatic heterocycles. The Kier molecular flexibility index (Phi) is 5.73. The van der Waals surface area contributed by atoms with Gasteiger partial charge in [-0.15, -0.1) is 0 Å². The van der Waals surface area contributed by atoms with E-state index >= 15 is 0 Å². The lowest BCUT2D eigenvalue weighted by Crippen LogP contribution is -2.12. The predicted octanol–water partition coefficient (Wildman–Crippen LogP) is 5.13. The summed E-state index contributed by atoms with van der Waals surface area (Å²) in [7, 11) is 0. The lowest BCUT2D eigenvalue weighted by Gasteiger charge is -2.05. The molecule has 0 unspecified atom stereocenters. The van der Waals surface area contributed by atoms with Gasteiger partial charge in [0.05, 0.1) is 16.1 Å². The zero-order chi connectivity index (χ0) is 19.4. The molecule has 0 spiro atoms. The molecule has 0 aliphatic rings. The number of nitrogens with one attached hydrogen (secondary N) is 1. The molecular formula is C18H13Cl2N3O4. The van der Waals surface area contributed by atoms with Gasteiger partial charge in [-0.05, 0) is 24.3 Å². The summed E-state index contributed by atoms with van der Waals surface area (Å²) in [6, 6.07) is 11.3. The first-order chi connectivity index (χ1) is 12.9. The summed E-state index contributed by atoms with van der Waals surface area (Å²) < 4.78 is 5.64. The van der Waals surface area contributed by atoms with Crippen LogP contribution in [0.4, 0.5) is 11.4 Å². The third kappa shape index (κ3) is 4.64. The summed E-state index contributed by atoms with van der Waals surface area (Å²) in [6.45, 7) is 0. The van der Waals surface area contributed by atoms with Gasteiger partial charge in [0.15, 0.2) is 11.7 Å². The molecule has 1 N–H and O–H groups in total. The number of aromatic nitrogens is 1. The number of halogens is 2. The van der Waals surface area contributed by atoms with Crippen molar-refractivity contribution in [2.75, 3.05) is 5.32 Å². The fourth-order valence-corrected chi connectivity index (χ4v) is 2.80. The normalized spacial score (nSPS) is 10.6. The summed E-state index contributed by atoms with van der Waals surface area (Å²) in [6.07, 6.45) is 1.92. The minimum absolute atomic E-state index is 0.00452. The van der Waals surface area contributed by atoms with Crippen LogP contribution >= 0.6 is 23.2 Å². The molecule has 9 heteroatoms. The highest BCUT2D eigenvalue weighted by atomic mass is 35.5. The van der Waals surface area contributed by atoms with E-state index in [0.717, 1.165) is 5.56 Å². The van der Waals surface area contributed by atoms with Crippen molar-refractivity contribution in [1.29, 1.82) is 0 Å². The summed E-state index contributed by atoms with van der Waals surface area (Å²) in [4.78, 5) is 26.5. The average Bonchev–Trinajstić information content (AvgIpc) is 3.10. The summed E-state index contributed by atoms with van der Waals surface area (Å²) in [5.74, 6) is 0.579. The molecule has 0 saturated carbocycles. The second kappa shape index (κ2) is 8.20. The Morgan fingerprint density at radius 1 is 1.19 bits per heavy atom. The Bertz CT molecular complexity index is 1000. The van der Waals surface area contributed by atoms with E-state index in [2.05, 4.69) is 10.3 Å². The molecule has 7 nitrogen and oxygen atoms in total. The van der Waals surface area contributed by atoms with Crippen molar-refractivity contribution in [2.45, 2.75) is 12.8 Å². The Morgan fingerprint density at radius 3 is 2.70 bits per heavy atom. The van der Waals surface area contributed by atoms with Crippen molar-refractivity contribution in [3.63, 3.8) is 0 Å². The van der Waals surface area contributed by atoms with E-state index in [1.807, 2.05) is 18.2 Å². The topological polar surface area (TPSA) is 98.3 Å². The van der Waals surface area contributed by atoms with Gasteiger partial charge in [0.2, 0.25) is 5.91 Å². The van der Waals surface area contributed by atoms with E-state index in [1.54, 1.807) is 12.3 Å². The summed E-state index contributed by atoms with van der Waals surface area (Å²) in [5, 5.41) is 14.0. The first-order valence-corrected chi connectivity index (χ1v) is 8.63. The molecule has 1 amide bonds. The SMILES string of the molecule is O=C(CCc1ncc(-c2ccccc2Cl)o1)Nc1ccc(Cl)c([N+](=O)[O-])c1. The van der Waals surface area contributed by atoms with Gasteiger partial charge in [-0.25, -0.2) is 4.98 Å². The largest absolute Gasteiger partial charge is 0.441 e. The zero-order valence-corrected chi connectivity index (χ0v) is 15.3. The third-order valence-electron chi connectivity index (χ3n) is 3.69. The number of amides is 1. The van der Waals surface area contributed by atoms with Gasteiger partial charge in [0.25, 0.3) is 5.69 Å². The number of rotatable bonds is 6. The van der Waals surface area contributed by atoms with Crippen molar-refractivity contribution < 1.29 is 14.1 Å². The van der Waals surface area contributed by atoms with E-state index in [9.17, 15) is 14.9 Å². The number of nitro benzene ring substituents is 1. The molecular weight excluding hydrogens is 393 g/mol. The van der Waals surface area contributed by atoms with Crippen LogP contribution < -0.4 is 5.32 Å². The van der Waals surface area contributed by atoms with Gasteiger partial charge in [-0.2, -0.15) is 0 Å². The van der Waals surface area contributed by atoms with Crippen LogP contribution in [0.1, 0.15) is 12.3 Å². The van der Waals surface area contributed by atoms with Crippen LogP contribution in [-0.2, 0) is 11.2 Å². The molecule has 3 rings (SSSR count). The van der Waals surface area contributed by atoms with E-state index in [-0.39, 0.29) is 29.5 Å². The van der Waals surface area contributed by atoms with E-state index in [1.165, 1.54) is 18.2 Å². The first-order valence-electron chi connectivity index (χ1n) is 7.87. The molecule has 0 fully saturated rings. The van der Waals surface area contributed by atoms with Crippen LogP contribution in [0, 0.1) is 10.1 Å². The van der Waals surface area contributed by atoms with Crippen LogP contribution in [0.15, 0.2) is 53.1 Å². The molecule has 0 radical (unpaired) electrons. The molecule has 0 bridgehead atoms. The standard InChI is InChI=1S/C18H13Cl2N3O4/c19-13-4-2-1-3-12(13)16-10-21-18(27-16)8-7-17(24)22-11-5-6-14(20)15(9-11)23(25)26/h1-6,9-10H,7-8H2,(H,22,24). The van der Waals surface area contributed by atoms with Crippen LogP contribution in [0.25, 0.3) is 11.3 Å². The first kappa shape index (κ1) is 18.9. The molecule has 2 aromatic carbocycles. The van der Waals surface area contributed by atoms with E-state index in [0.29, 0.717) is 22.4 Å². The number of carbonyl (C=O) groups is 1. The fraction of sp³-hybridized carbons (Fsp3) is 0.111. The molecule has 0 saturated heterocycles. The molecule has 1 heterocycles. The minimum Gasteiger partial charge on any atom is -0.441 e. The Balaban J connectivity index is 1.61. The van der Waals surface area contributed by atoms with Gasteiger partial charge in [-0.3, -0.25) is 14.9 Å². The number of anilines is 1.